The smallest absolute Gasteiger partial charge is 0.185 e. The second-order valence-electron chi connectivity index (χ2n) is 7.33. The van der Waals surface area contributed by atoms with Crippen molar-refractivity contribution in [1.29, 1.82) is 0 Å². The average molecular weight is 309 g/mol. The van der Waals surface area contributed by atoms with E-state index in [1.807, 2.05) is 0 Å². The fourth-order valence-electron chi connectivity index (χ4n) is 3.48. The highest BCUT2D eigenvalue weighted by molar-refractivity contribution is 7.15. The van der Waals surface area contributed by atoms with Crippen LogP contribution >= 0.6 is 11.3 Å². The van der Waals surface area contributed by atoms with Crippen molar-refractivity contribution < 1.29 is 4.74 Å². The number of fused-ring (bicyclic) bond motifs is 1. The van der Waals surface area contributed by atoms with Gasteiger partial charge >= 0.3 is 0 Å². The Morgan fingerprint density at radius 1 is 1.43 bits per heavy atom. The van der Waals surface area contributed by atoms with Gasteiger partial charge in [-0.3, -0.25) is 0 Å². The van der Waals surface area contributed by atoms with Crippen molar-refractivity contribution >= 4 is 16.5 Å². The predicted octanol–water partition coefficient (Wildman–Crippen LogP) is 3.12. The Hall–Kier alpha value is -0.650. The first-order chi connectivity index (χ1) is 9.94. The molecule has 2 aliphatic rings. The molecule has 3 rings (SSSR count). The lowest BCUT2D eigenvalue weighted by Crippen LogP contribution is -2.33. The summed E-state index contributed by atoms with van der Waals surface area (Å²) in [4.78, 5) is 8.41. The van der Waals surface area contributed by atoms with Crippen LogP contribution in [0, 0.1) is 5.41 Å². The van der Waals surface area contributed by atoms with Gasteiger partial charge in [0.05, 0.1) is 11.8 Å². The fourth-order valence-corrected chi connectivity index (χ4v) is 4.53. The normalized spacial score (nSPS) is 28.2. The highest BCUT2D eigenvalue weighted by atomic mass is 32.1. The van der Waals surface area contributed by atoms with Gasteiger partial charge in [-0.05, 0) is 37.5 Å². The molecule has 1 saturated heterocycles. The fraction of sp³-hybridized carbons (Fsp3) is 0.812. The SMILES string of the molecule is CN(CC1CCCCO1)c1nc2c(s1)C(N)CC(C)(C)C2. The second kappa shape index (κ2) is 5.86. The number of nitrogens with two attached hydrogens (primary N) is 1. The molecule has 118 valence electrons. The number of hydrogen-bond acceptors (Lipinski definition) is 5. The molecule has 1 aromatic rings. The molecule has 0 spiro atoms. The highest BCUT2D eigenvalue weighted by Gasteiger charge is 2.33. The molecule has 4 nitrogen and oxygen atoms in total. The van der Waals surface area contributed by atoms with Gasteiger partial charge in [-0.25, -0.2) is 4.98 Å². The summed E-state index contributed by atoms with van der Waals surface area (Å²) in [6.07, 6.45) is 6.11. The Balaban J connectivity index is 1.71. The summed E-state index contributed by atoms with van der Waals surface area (Å²) in [7, 11) is 2.12. The minimum atomic E-state index is 0.148. The Labute approximate surface area is 131 Å². The third-order valence-corrected chi connectivity index (χ3v) is 5.89. The van der Waals surface area contributed by atoms with Gasteiger partial charge in [0.25, 0.3) is 0 Å². The number of thiazole rings is 1. The molecule has 5 heteroatoms. The zero-order valence-electron chi connectivity index (χ0n) is 13.4. The van der Waals surface area contributed by atoms with E-state index in [1.54, 1.807) is 11.3 Å². The summed E-state index contributed by atoms with van der Waals surface area (Å²) in [5.41, 5.74) is 7.83. The van der Waals surface area contributed by atoms with E-state index in [9.17, 15) is 0 Å². The second-order valence-corrected chi connectivity index (χ2v) is 8.34. The molecule has 1 aliphatic carbocycles. The zero-order chi connectivity index (χ0) is 15.0. The lowest BCUT2D eigenvalue weighted by atomic mass is 9.77. The summed E-state index contributed by atoms with van der Waals surface area (Å²) >= 11 is 1.78. The third-order valence-electron chi connectivity index (χ3n) is 4.55. The van der Waals surface area contributed by atoms with E-state index in [1.165, 1.54) is 29.8 Å². The van der Waals surface area contributed by atoms with Crippen LogP contribution in [0.5, 0.6) is 0 Å². The summed E-state index contributed by atoms with van der Waals surface area (Å²) < 4.78 is 5.84. The summed E-state index contributed by atoms with van der Waals surface area (Å²) in [5.74, 6) is 0. The molecule has 2 heterocycles. The molecular weight excluding hydrogens is 282 g/mol. The van der Waals surface area contributed by atoms with E-state index in [0.29, 0.717) is 6.10 Å². The van der Waals surface area contributed by atoms with E-state index >= 15 is 0 Å². The zero-order valence-corrected chi connectivity index (χ0v) is 14.2. The van der Waals surface area contributed by atoms with Crippen molar-refractivity contribution in [1.82, 2.24) is 4.98 Å². The number of likely N-dealkylation sites (N-methyl/N-ethyl adjacent to an activating group) is 1. The van der Waals surface area contributed by atoms with E-state index in [-0.39, 0.29) is 11.5 Å². The number of anilines is 1. The van der Waals surface area contributed by atoms with E-state index in [2.05, 4.69) is 25.8 Å². The minimum absolute atomic E-state index is 0.148. The van der Waals surface area contributed by atoms with Crippen molar-refractivity contribution in [2.75, 3.05) is 25.1 Å². The van der Waals surface area contributed by atoms with Gasteiger partial charge in [0, 0.05) is 31.1 Å². The highest BCUT2D eigenvalue weighted by Crippen LogP contribution is 2.43. The standard InChI is InChI=1S/C16H27N3OS/c1-16(2)8-12(17)14-13(9-16)18-15(21-14)19(3)10-11-6-4-5-7-20-11/h11-12H,4-10,17H2,1-3H3. The topological polar surface area (TPSA) is 51.4 Å². The van der Waals surface area contributed by atoms with E-state index in [0.717, 1.165) is 31.1 Å². The molecule has 0 aromatic carbocycles. The maximum Gasteiger partial charge on any atom is 0.185 e. The molecule has 2 N–H and O–H groups in total. The van der Waals surface area contributed by atoms with Crippen LogP contribution in [0.15, 0.2) is 0 Å². The van der Waals surface area contributed by atoms with Gasteiger partial charge in [0.2, 0.25) is 0 Å². The molecule has 2 unspecified atom stereocenters. The molecule has 1 aromatic heterocycles. The van der Waals surface area contributed by atoms with Crippen LogP contribution in [-0.2, 0) is 11.2 Å². The van der Waals surface area contributed by atoms with Crippen LogP contribution < -0.4 is 10.6 Å². The van der Waals surface area contributed by atoms with Crippen LogP contribution in [0.1, 0.15) is 56.1 Å². The largest absolute Gasteiger partial charge is 0.376 e. The van der Waals surface area contributed by atoms with Crippen LogP contribution in [0.3, 0.4) is 0 Å². The Morgan fingerprint density at radius 2 is 2.24 bits per heavy atom. The third kappa shape index (κ3) is 3.41. The van der Waals surface area contributed by atoms with Crippen LogP contribution in [0.4, 0.5) is 5.13 Å². The van der Waals surface area contributed by atoms with Crippen molar-refractivity contribution in [2.24, 2.45) is 11.1 Å². The van der Waals surface area contributed by atoms with Gasteiger partial charge in [-0.2, -0.15) is 0 Å². The molecular formula is C16H27N3OS. The monoisotopic (exact) mass is 309 g/mol. The molecule has 0 radical (unpaired) electrons. The van der Waals surface area contributed by atoms with E-state index < -0.39 is 0 Å². The van der Waals surface area contributed by atoms with Gasteiger partial charge in [0.15, 0.2) is 5.13 Å². The molecule has 0 bridgehead atoms. The van der Waals surface area contributed by atoms with Gasteiger partial charge in [0.1, 0.15) is 0 Å². The first kappa shape index (κ1) is 15.3. The summed E-state index contributed by atoms with van der Waals surface area (Å²) in [6.45, 7) is 6.42. The molecule has 1 aliphatic heterocycles. The summed E-state index contributed by atoms with van der Waals surface area (Å²) in [5, 5.41) is 1.10. The Morgan fingerprint density at radius 3 is 2.95 bits per heavy atom. The molecule has 0 amide bonds. The maximum absolute atomic E-state index is 6.35. The number of ether oxygens (including phenoxy) is 1. The van der Waals surface area contributed by atoms with Crippen LogP contribution in [0.25, 0.3) is 0 Å². The summed E-state index contributed by atoms with van der Waals surface area (Å²) in [6, 6.07) is 0.148. The Kier molecular flexibility index (Phi) is 4.26. The molecule has 21 heavy (non-hydrogen) atoms. The van der Waals surface area contributed by atoms with Crippen molar-refractivity contribution in [3.8, 4) is 0 Å². The van der Waals surface area contributed by atoms with Gasteiger partial charge in [-0.1, -0.05) is 13.8 Å². The first-order valence-corrected chi connectivity index (χ1v) is 8.84. The quantitative estimate of drug-likeness (QED) is 0.932. The number of nitrogens with zero attached hydrogens (tertiary/aromatic N) is 2. The Bertz CT molecular complexity index is 494. The lowest BCUT2D eigenvalue weighted by Gasteiger charge is -2.32. The van der Waals surface area contributed by atoms with E-state index in [4.69, 9.17) is 15.5 Å². The molecule has 2 atom stereocenters. The molecule has 1 fully saturated rings. The number of aromatic nitrogens is 1. The first-order valence-electron chi connectivity index (χ1n) is 8.02. The van der Waals surface area contributed by atoms with Gasteiger partial charge < -0.3 is 15.4 Å². The van der Waals surface area contributed by atoms with Crippen LogP contribution in [-0.4, -0.2) is 31.3 Å². The van der Waals surface area contributed by atoms with Crippen LogP contribution in [0.2, 0.25) is 0 Å². The maximum atomic E-state index is 6.35. The van der Waals surface area contributed by atoms with Crippen molar-refractivity contribution in [2.45, 2.75) is 58.1 Å². The number of rotatable bonds is 3. The van der Waals surface area contributed by atoms with Crippen molar-refractivity contribution in [3.63, 3.8) is 0 Å². The minimum Gasteiger partial charge on any atom is -0.376 e. The van der Waals surface area contributed by atoms with Gasteiger partial charge in [-0.15, -0.1) is 11.3 Å². The molecule has 0 saturated carbocycles. The average Bonchev–Trinajstić information content (AvgIpc) is 2.82. The van der Waals surface area contributed by atoms with Crippen molar-refractivity contribution in [3.05, 3.63) is 10.6 Å². The lowest BCUT2D eigenvalue weighted by molar-refractivity contribution is 0.0216. The number of hydrogen-bond donors (Lipinski definition) is 1. The predicted molar refractivity (Wildman–Crippen MR) is 88.0 cm³/mol.